The average molecular weight is 579 g/mol. The number of carbonyl (C=O) groups excluding carboxylic acids is 4. The second-order valence-electron chi connectivity index (χ2n) is 8.36. The number of carboxylic acid groups (broad SMARTS) is 1. The predicted octanol–water partition coefficient (Wildman–Crippen LogP) is -0.895. The molecule has 206 valence electrons. The number of esters is 2. The van der Waals surface area contributed by atoms with Crippen LogP contribution in [0.4, 0.5) is 0 Å². The summed E-state index contributed by atoms with van der Waals surface area (Å²) in [4.78, 5) is 49.7. The van der Waals surface area contributed by atoms with E-state index in [1.165, 1.54) is 25.3 Å². The van der Waals surface area contributed by atoms with Gasteiger partial charge in [0.2, 0.25) is 0 Å². The van der Waals surface area contributed by atoms with Crippen molar-refractivity contribution in [2.24, 2.45) is 0 Å². The van der Waals surface area contributed by atoms with Crippen LogP contribution >= 0.6 is 11.6 Å². The number of dihydropyridines is 1. The van der Waals surface area contributed by atoms with E-state index in [1.54, 1.807) is 44.2 Å². The molecule has 3 rings (SSSR count). The third kappa shape index (κ3) is 7.74. The fourth-order valence-electron chi connectivity index (χ4n) is 4.23. The van der Waals surface area contributed by atoms with E-state index in [0.29, 0.717) is 22.0 Å². The van der Waals surface area contributed by atoms with Crippen LogP contribution in [0, 0.1) is 0 Å². The molecule has 1 aliphatic rings. The van der Waals surface area contributed by atoms with Crippen molar-refractivity contribution in [3.8, 4) is 0 Å². The van der Waals surface area contributed by atoms with Gasteiger partial charge in [-0.15, -0.1) is 0 Å². The van der Waals surface area contributed by atoms with Gasteiger partial charge >= 0.3 is 41.5 Å². The van der Waals surface area contributed by atoms with Crippen molar-refractivity contribution in [3.63, 3.8) is 0 Å². The minimum atomic E-state index is -1.46. The number of hydrogen-bond acceptors (Lipinski definition) is 9. The molecule has 1 unspecified atom stereocenters. The van der Waals surface area contributed by atoms with Gasteiger partial charge in [0, 0.05) is 28.4 Å². The summed E-state index contributed by atoms with van der Waals surface area (Å²) in [6.45, 7) is 3.43. The molecule has 1 heterocycles. The number of hydrogen-bond donors (Lipinski definition) is 2. The molecule has 0 saturated carbocycles. The second-order valence-corrected chi connectivity index (χ2v) is 8.77. The van der Waals surface area contributed by atoms with Gasteiger partial charge < -0.3 is 34.7 Å². The van der Waals surface area contributed by atoms with E-state index in [4.69, 9.17) is 25.8 Å². The van der Waals surface area contributed by atoms with Gasteiger partial charge in [-0.05, 0) is 31.5 Å². The Morgan fingerprint density at radius 2 is 1.65 bits per heavy atom. The number of rotatable bonds is 11. The molecular weight excluding hydrogens is 551 g/mol. The summed E-state index contributed by atoms with van der Waals surface area (Å²) in [5, 5.41) is 17.3. The smallest absolute Gasteiger partial charge is 0.545 e. The van der Waals surface area contributed by atoms with E-state index < -0.39 is 29.7 Å². The average Bonchev–Trinajstić information content (AvgIpc) is 2.92. The molecular formula is C28H28ClN2NaO8. The minimum absolute atomic E-state index is 0. The number of halogens is 1. The molecule has 12 heteroatoms. The number of amides is 1. The van der Waals surface area contributed by atoms with Gasteiger partial charge in [-0.3, -0.25) is 4.79 Å². The third-order valence-electron chi connectivity index (χ3n) is 5.93. The molecule has 0 saturated heterocycles. The summed E-state index contributed by atoms with van der Waals surface area (Å²) in [6, 6.07) is 12.6. The van der Waals surface area contributed by atoms with Crippen molar-refractivity contribution >= 4 is 35.4 Å². The van der Waals surface area contributed by atoms with Crippen LogP contribution in [-0.4, -0.2) is 57.3 Å². The number of methoxy groups -OCH3 is 1. The molecule has 2 aromatic rings. The van der Waals surface area contributed by atoms with Crippen molar-refractivity contribution in [1.29, 1.82) is 0 Å². The molecule has 1 atom stereocenters. The van der Waals surface area contributed by atoms with Gasteiger partial charge in [-0.2, -0.15) is 0 Å². The first-order valence-electron chi connectivity index (χ1n) is 12.1. The van der Waals surface area contributed by atoms with Gasteiger partial charge in [0.1, 0.15) is 0 Å². The number of carbonyl (C=O) groups is 4. The number of carboxylic acids is 1. The summed E-state index contributed by atoms with van der Waals surface area (Å²) >= 11 is 6.49. The molecule has 2 N–H and O–H groups in total. The maximum atomic E-state index is 13.2. The van der Waals surface area contributed by atoms with Crippen molar-refractivity contribution < 1.29 is 68.1 Å². The fourth-order valence-corrected chi connectivity index (χ4v) is 4.47. The zero-order valence-electron chi connectivity index (χ0n) is 22.7. The molecule has 0 bridgehead atoms. The van der Waals surface area contributed by atoms with Gasteiger partial charge in [-0.1, -0.05) is 48.0 Å². The number of ether oxygens (including phenoxy) is 3. The first-order valence-corrected chi connectivity index (χ1v) is 12.5. The standard InChI is InChI=1S/C28H29ClN2O8.Na/c1-4-39-28(36)24-21(15-38-14-13-30-25(32)17-9-5-6-10-18(17)26(33)34)31-16(2)22(27(35)37-3)23(24)19-11-7-8-12-20(19)29;/h5-12,23,31H,4,13-15H2,1-3H3,(H,30,32)(H,33,34);/q;+1/p-1. The number of nitrogens with one attached hydrogen (secondary N) is 2. The van der Waals surface area contributed by atoms with E-state index >= 15 is 0 Å². The van der Waals surface area contributed by atoms with Crippen LogP contribution in [0.25, 0.3) is 0 Å². The van der Waals surface area contributed by atoms with Crippen LogP contribution in [0.3, 0.4) is 0 Å². The molecule has 0 spiro atoms. The van der Waals surface area contributed by atoms with E-state index in [1.807, 2.05) is 0 Å². The second kappa shape index (κ2) is 15.6. The van der Waals surface area contributed by atoms with Gasteiger partial charge in [0.05, 0.1) is 55.7 Å². The predicted molar refractivity (Wildman–Crippen MR) is 140 cm³/mol. The van der Waals surface area contributed by atoms with E-state index in [-0.39, 0.29) is 78.2 Å². The van der Waals surface area contributed by atoms with Crippen LogP contribution in [0.1, 0.15) is 46.0 Å². The van der Waals surface area contributed by atoms with Crippen molar-refractivity contribution in [2.45, 2.75) is 19.8 Å². The van der Waals surface area contributed by atoms with Gasteiger partial charge in [0.15, 0.2) is 0 Å². The maximum Gasteiger partial charge on any atom is 1.00 e. The monoisotopic (exact) mass is 578 g/mol. The molecule has 10 nitrogen and oxygen atoms in total. The number of aromatic carboxylic acids is 1. The Morgan fingerprint density at radius 1 is 1.00 bits per heavy atom. The molecule has 0 aliphatic carbocycles. The van der Waals surface area contributed by atoms with E-state index in [0.717, 1.165) is 0 Å². The molecule has 0 fully saturated rings. The van der Waals surface area contributed by atoms with Crippen LogP contribution in [0.5, 0.6) is 0 Å². The first-order chi connectivity index (χ1) is 18.7. The molecule has 0 aromatic heterocycles. The summed E-state index contributed by atoms with van der Waals surface area (Å²) in [7, 11) is 1.25. The van der Waals surface area contributed by atoms with Gasteiger partial charge in [0.25, 0.3) is 5.91 Å². The largest absolute Gasteiger partial charge is 1.00 e. The van der Waals surface area contributed by atoms with Crippen molar-refractivity contribution in [3.05, 3.63) is 92.8 Å². The molecule has 1 aliphatic heterocycles. The van der Waals surface area contributed by atoms with Crippen LogP contribution in [-0.2, 0) is 23.8 Å². The minimum Gasteiger partial charge on any atom is -0.545 e. The summed E-state index contributed by atoms with van der Waals surface area (Å²) in [6.07, 6.45) is 0. The van der Waals surface area contributed by atoms with Crippen LogP contribution < -0.4 is 45.3 Å². The quantitative estimate of drug-likeness (QED) is 0.197. The Bertz CT molecular complexity index is 1340. The Labute approximate surface area is 259 Å². The zero-order valence-corrected chi connectivity index (χ0v) is 25.4. The van der Waals surface area contributed by atoms with Crippen LogP contribution in [0.15, 0.2) is 71.1 Å². The van der Waals surface area contributed by atoms with Crippen molar-refractivity contribution in [1.82, 2.24) is 10.6 Å². The number of allylic oxidation sites excluding steroid dienone is 1. The van der Waals surface area contributed by atoms with Crippen molar-refractivity contribution in [2.75, 3.05) is 33.5 Å². The molecule has 0 radical (unpaired) electrons. The van der Waals surface area contributed by atoms with Gasteiger partial charge in [-0.25, -0.2) is 9.59 Å². The molecule has 40 heavy (non-hydrogen) atoms. The van der Waals surface area contributed by atoms with Crippen LogP contribution in [0.2, 0.25) is 5.02 Å². The fraction of sp³-hybridized carbons (Fsp3) is 0.286. The zero-order chi connectivity index (χ0) is 28.5. The summed E-state index contributed by atoms with van der Waals surface area (Å²) in [5.74, 6) is -4.23. The first kappa shape index (κ1) is 33.1. The summed E-state index contributed by atoms with van der Waals surface area (Å²) in [5.41, 5.74) is 1.42. The molecule has 2 aromatic carbocycles. The topological polar surface area (TPSA) is 143 Å². The SMILES string of the molecule is CCOC(=O)C1=C(COCCNC(=O)c2ccccc2C(=O)[O-])NC(C)=C(C(=O)OC)C1c1ccccc1Cl.[Na+]. The molecule has 1 amide bonds. The Balaban J connectivity index is 0.00000560. The van der Waals surface area contributed by atoms with E-state index in [9.17, 15) is 24.3 Å². The maximum absolute atomic E-state index is 13.2. The Hall–Kier alpha value is -3.15. The Kier molecular flexibility index (Phi) is 12.9. The normalized spacial score (nSPS) is 14.6. The third-order valence-corrected chi connectivity index (χ3v) is 6.28. The summed E-state index contributed by atoms with van der Waals surface area (Å²) < 4.78 is 16.1. The number of benzene rings is 2. The van der Waals surface area contributed by atoms with E-state index in [2.05, 4.69) is 10.6 Å². The Morgan fingerprint density at radius 3 is 2.27 bits per heavy atom.